The molecule has 6 nitrogen and oxygen atoms in total. The van der Waals surface area contributed by atoms with Gasteiger partial charge in [-0.15, -0.1) is 11.3 Å². The van der Waals surface area contributed by atoms with Crippen LogP contribution in [0.15, 0.2) is 17.6 Å². The second kappa shape index (κ2) is 7.99. The molecule has 1 atom stereocenters. The van der Waals surface area contributed by atoms with Crippen LogP contribution < -0.4 is 0 Å². The van der Waals surface area contributed by atoms with E-state index in [1.807, 2.05) is 27.4 Å². The SMILES string of the molecule is CCCc1cc(C(=O)N2CCCC2c2ncc3c(n2)CCN(C(C)=O)C3)cs1. The Morgan fingerprint density at radius 2 is 2.18 bits per heavy atom. The van der Waals surface area contributed by atoms with Gasteiger partial charge in [0, 0.05) is 55.0 Å². The van der Waals surface area contributed by atoms with E-state index in [1.165, 1.54) is 4.88 Å². The Morgan fingerprint density at radius 1 is 1.32 bits per heavy atom. The van der Waals surface area contributed by atoms with Gasteiger partial charge in [-0.3, -0.25) is 9.59 Å². The number of carbonyl (C=O) groups excluding carboxylic acids is 2. The molecular weight excluding hydrogens is 372 g/mol. The van der Waals surface area contributed by atoms with Crippen molar-refractivity contribution in [2.75, 3.05) is 13.1 Å². The van der Waals surface area contributed by atoms with E-state index in [0.29, 0.717) is 13.1 Å². The summed E-state index contributed by atoms with van der Waals surface area (Å²) in [6, 6.07) is 1.98. The predicted molar refractivity (Wildman–Crippen MR) is 108 cm³/mol. The van der Waals surface area contributed by atoms with Crippen LogP contribution in [0.2, 0.25) is 0 Å². The third kappa shape index (κ3) is 3.68. The van der Waals surface area contributed by atoms with Gasteiger partial charge >= 0.3 is 0 Å². The van der Waals surface area contributed by atoms with Crippen molar-refractivity contribution in [3.8, 4) is 0 Å². The van der Waals surface area contributed by atoms with Gasteiger partial charge in [-0.2, -0.15) is 0 Å². The maximum atomic E-state index is 13.1. The third-order valence-electron chi connectivity index (χ3n) is 5.61. The summed E-state index contributed by atoms with van der Waals surface area (Å²) in [5, 5.41) is 1.98. The van der Waals surface area contributed by atoms with E-state index < -0.39 is 0 Å². The van der Waals surface area contributed by atoms with Crippen LogP contribution in [0.4, 0.5) is 0 Å². The van der Waals surface area contributed by atoms with Gasteiger partial charge < -0.3 is 9.80 Å². The van der Waals surface area contributed by atoms with Crippen LogP contribution in [0.3, 0.4) is 0 Å². The largest absolute Gasteiger partial charge is 0.338 e. The van der Waals surface area contributed by atoms with E-state index in [2.05, 4.69) is 11.9 Å². The summed E-state index contributed by atoms with van der Waals surface area (Å²) in [5.41, 5.74) is 2.82. The van der Waals surface area contributed by atoms with Crippen LogP contribution in [-0.2, 0) is 24.2 Å². The molecular formula is C21H26N4O2S. The summed E-state index contributed by atoms with van der Waals surface area (Å²) in [6.07, 6.45) is 6.57. The third-order valence-corrected chi connectivity index (χ3v) is 6.60. The van der Waals surface area contributed by atoms with Crippen LogP contribution in [-0.4, -0.2) is 44.7 Å². The van der Waals surface area contributed by atoms with Gasteiger partial charge in [0.25, 0.3) is 5.91 Å². The van der Waals surface area contributed by atoms with E-state index in [-0.39, 0.29) is 17.9 Å². The zero-order valence-electron chi connectivity index (χ0n) is 16.5. The number of rotatable bonds is 4. The predicted octanol–water partition coefficient (Wildman–Crippen LogP) is 3.37. The first-order valence-electron chi connectivity index (χ1n) is 10.1. The Hall–Kier alpha value is -2.28. The van der Waals surface area contributed by atoms with Crippen LogP contribution in [0.5, 0.6) is 0 Å². The second-order valence-corrected chi connectivity index (χ2v) is 8.59. The molecule has 2 aliphatic heterocycles. The molecule has 1 unspecified atom stereocenters. The van der Waals surface area contributed by atoms with Crippen molar-refractivity contribution in [3.05, 3.63) is 45.2 Å². The zero-order chi connectivity index (χ0) is 19.7. The minimum atomic E-state index is -0.0573. The molecule has 0 aromatic carbocycles. The average molecular weight is 399 g/mol. The molecule has 1 fully saturated rings. The molecule has 2 aromatic heterocycles. The van der Waals surface area contributed by atoms with Gasteiger partial charge in [0.15, 0.2) is 5.82 Å². The van der Waals surface area contributed by atoms with Gasteiger partial charge in [-0.25, -0.2) is 9.97 Å². The maximum Gasteiger partial charge on any atom is 0.255 e. The fraction of sp³-hybridized carbons (Fsp3) is 0.524. The number of amides is 2. The van der Waals surface area contributed by atoms with Crippen molar-refractivity contribution in [2.45, 2.75) is 58.5 Å². The highest BCUT2D eigenvalue weighted by atomic mass is 32.1. The van der Waals surface area contributed by atoms with Crippen LogP contribution in [0.25, 0.3) is 0 Å². The van der Waals surface area contributed by atoms with Crippen LogP contribution in [0, 0.1) is 0 Å². The van der Waals surface area contributed by atoms with Gasteiger partial charge in [0.05, 0.1) is 17.3 Å². The number of carbonyl (C=O) groups is 2. The fourth-order valence-electron chi connectivity index (χ4n) is 4.08. The lowest BCUT2D eigenvalue weighted by Gasteiger charge is -2.28. The maximum absolute atomic E-state index is 13.1. The van der Waals surface area contributed by atoms with Crippen molar-refractivity contribution >= 4 is 23.2 Å². The van der Waals surface area contributed by atoms with Crippen molar-refractivity contribution < 1.29 is 9.59 Å². The minimum Gasteiger partial charge on any atom is -0.338 e. The lowest BCUT2D eigenvalue weighted by atomic mass is 10.1. The number of nitrogens with zero attached hydrogens (tertiary/aromatic N) is 4. The molecule has 0 aliphatic carbocycles. The summed E-state index contributed by atoms with van der Waals surface area (Å²) in [7, 11) is 0. The van der Waals surface area contributed by atoms with E-state index in [9.17, 15) is 9.59 Å². The highest BCUT2D eigenvalue weighted by molar-refractivity contribution is 7.10. The molecule has 28 heavy (non-hydrogen) atoms. The first-order valence-corrected chi connectivity index (χ1v) is 10.9. The molecule has 1 saturated heterocycles. The van der Waals surface area contributed by atoms with Gasteiger partial charge in [0.1, 0.15) is 0 Å². The lowest BCUT2D eigenvalue weighted by molar-refractivity contribution is -0.129. The summed E-state index contributed by atoms with van der Waals surface area (Å²) in [4.78, 5) is 39.1. The monoisotopic (exact) mass is 398 g/mol. The quantitative estimate of drug-likeness (QED) is 0.792. The normalized spacial score (nSPS) is 19.0. The summed E-state index contributed by atoms with van der Waals surface area (Å²) >= 11 is 1.67. The molecule has 0 bridgehead atoms. The van der Waals surface area contributed by atoms with Crippen molar-refractivity contribution in [1.82, 2.24) is 19.8 Å². The lowest BCUT2D eigenvalue weighted by Crippen LogP contribution is -2.36. The highest BCUT2D eigenvalue weighted by Gasteiger charge is 2.33. The summed E-state index contributed by atoms with van der Waals surface area (Å²) in [6.45, 7) is 5.77. The molecule has 4 heterocycles. The molecule has 148 valence electrons. The van der Waals surface area contributed by atoms with E-state index >= 15 is 0 Å². The van der Waals surface area contributed by atoms with Crippen LogP contribution >= 0.6 is 11.3 Å². The molecule has 0 N–H and O–H groups in total. The topological polar surface area (TPSA) is 66.4 Å². The smallest absolute Gasteiger partial charge is 0.255 e. The number of aromatic nitrogens is 2. The fourth-order valence-corrected chi connectivity index (χ4v) is 5.04. The highest BCUT2D eigenvalue weighted by Crippen LogP contribution is 2.33. The van der Waals surface area contributed by atoms with E-state index in [1.54, 1.807) is 18.3 Å². The zero-order valence-corrected chi connectivity index (χ0v) is 17.3. The van der Waals surface area contributed by atoms with E-state index in [4.69, 9.17) is 4.98 Å². The number of likely N-dealkylation sites (tertiary alicyclic amines) is 1. The average Bonchev–Trinajstić information content (AvgIpc) is 3.36. The Bertz CT molecular complexity index is 894. The molecule has 2 aromatic rings. The molecule has 7 heteroatoms. The van der Waals surface area contributed by atoms with Gasteiger partial charge in [-0.05, 0) is 25.3 Å². The number of hydrogen-bond acceptors (Lipinski definition) is 5. The number of hydrogen-bond donors (Lipinski definition) is 0. The Labute approximate surface area is 169 Å². The van der Waals surface area contributed by atoms with Crippen LogP contribution in [0.1, 0.15) is 71.5 Å². The number of fused-ring (bicyclic) bond motifs is 1. The second-order valence-electron chi connectivity index (χ2n) is 7.60. The number of aryl methyl sites for hydroxylation is 1. The first-order chi connectivity index (χ1) is 13.6. The minimum absolute atomic E-state index is 0.0573. The van der Waals surface area contributed by atoms with Crippen molar-refractivity contribution in [2.24, 2.45) is 0 Å². The van der Waals surface area contributed by atoms with E-state index in [0.717, 1.165) is 61.3 Å². The molecule has 0 saturated carbocycles. The summed E-state index contributed by atoms with van der Waals surface area (Å²) < 4.78 is 0. The summed E-state index contributed by atoms with van der Waals surface area (Å²) in [5.74, 6) is 0.913. The molecule has 0 spiro atoms. The Morgan fingerprint density at radius 3 is 2.96 bits per heavy atom. The van der Waals surface area contributed by atoms with Gasteiger partial charge in [0.2, 0.25) is 5.91 Å². The Balaban J connectivity index is 1.53. The standard InChI is InChI=1S/C21H26N4O2S/c1-3-5-17-10-15(13-28-17)21(27)25-8-4-6-19(25)20-22-11-16-12-24(14(2)26)9-7-18(16)23-20/h10-11,13,19H,3-9,12H2,1-2H3. The first kappa shape index (κ1) is 19.1. The Kier molecular flexibility index (Phi) is 5.44. The van der Waals surface area contributed by atoms with Crippen molar-refractivity contribution in [1.29, 1.82) is 0 Å². The molecule has 2 amide bonds. The number of thiophene rings is 1. The molecule has 0 radical (unpaired) electrons. The van der Waals surface area contributed by atoms with Crippen molar-refractivity contribution in [3.63, 3.8) is 0 Å². The molecule has 4 rings (SSSR count). The molecule has 2 aliphatic rings. The van der Waals surface area contributed by atoms with Gasteiger partial charge in [-0.1, -0.05) is 13.3 Å².